The van der Waals surface area contributed by atoms with Crippen LogP contribution in [-0.2, 0) is 38.4 Å². The van der Waals surface area contributed by atoms with Crippen LogP contribution < -0.4 is 54.8 Å². The minimum atomic E-state index is -1.60. The number of nitrogens with two attached hydrogens (primary N) is 4. The van der Waals surface area contributed by atoms with E-state index in [0.29, 0.717) is 0 Å². The van der Waals surface area contributed by atoms with Crippen molar-refractivity contribution >= 4 is 91.2 Å². The molecule has 0 aliphatic rings. The number of rotatable bonds is 25. The Hall–Kier alpha value is -3.96. The van der Waals surface area contributed by atoms with E-state index in [9.17, 15) is 43.5 Å². The Labute approximate surface area is 324 Å². The number of carbonyl (C=O) groups excluding carboxylic acids is 7. The zero-order valence-electron chi connectivity index (χ0n) is 30.2. The summed E-state index contributed by atoms with van der Waals surface area (Å²) in [6.07, 6.45) is -0.325. The zero-order valence-corrected chi connectivity index (χ0v) is 32.8. The van der Waals surface area contributed by atoms with E-state index in [1.54, 1.807) is 27.7 Å². The molecule has 0 radical (unpaired) electrons. The van der Waals surface area contributed by atoms with Gasteiger partial charge in [-0.25, -0.2) is 4.79 Å². The number of nitrogens with one attached hydrogen (secondary N) is 6. The maximum atomic E-state index is 13.6. The Bertz CT molecular complexity index is 1320. The van der Waals surface area contributed by atoms with Crippen molar-refractivity contribution in [2.24, 2.45) is 39.8 Å². The third kappa shape index (κ3) is 19.1. The molecule has 53 heavy (non-hydrogen) atoms. The highest BCUT2D eigenvalue weighted by molar-refractivity contribution is 7.80. The molecule has 7 atom stereocenters. The molecule has 0 rings (SSSR count). The van der Waals surface area contributed by atoms with E-state index < -0.39 is 102 Å². The summed E-state index contributed by atoms with van der Waals surface area (Å²) >= 11 is 12.1. The van der Waals surface area contributed by atoms with Gasteiger partial charge in [0.15, 0.2) is 5.96 Å². The molecular weight excluding hydrogens is 755 g/mol. The van der Waals surface area contributed by atoms with Crippen LogP contribution in [0.5, 0.6) is 0 Å². The summed E-state index contributed by atoms with van der Waals surface area (Å²) in [5.41, 5.74) is 21.8. The molecule has 23 heteroatoms. The summed E-state index contributed by atoms with van der Waals surface area (Å²) in [7, 11) is 0. The topological polar surface area (TPSA) is 345 Å². The largest absolute Gasteiger partial charge is 0.480 e. The Balaban J connectivity index is 6.09. The lowest BCUT2D eigenvalue weighted by Gasteiger charge is -2.28. The Morgan fingerprint density at radius 1 is 0.623 bits per heavy atom. The maximum Gasteiger partial charge on any atom is 0.327 e. The summed E-state index contributed by atoms with van der Waals surface area (Å²) in [6, 6.07) is -9.04. The Kier molecular flexibility index (Phi) is 23.3. The van der Waals surface area contributed by atoms with Gasteiger partial charge >= 0.3 is 5.97 Å². The molecule has 0 unspecified atom stereocenters. The van der Waals surface area contributed by atoms with Gasteiger partial charge in [0.25, 0.3) is 0 Å². The summed E-state index contributed by atoms with van der Waals surface area (Å²) < 4.78 is 0. The molecular formula is C30H55N11O9S3. The number of carboxylic acids is 1. The van der Waals surface area contributed by atoms with E-state index in [1.807, 2.05) is 0 Å². The fraction of sp³-hybridized carbons (Fsp3) is 0.700. The average Bonchev–Trinajstić information content (AvgIpc) is 3.07. The highest BCUT2D eigenvalue weighted by atomic mass is 32.1. The van der Waals surface area contributed by atoms with Gasteiger partial charge in [0, 0.05) is 23.8 Å². The first-order chi connectivity index (χ1) is 24.7. The highest BCUT2D eigenvalue weighted by Crippen LogP contribution is 2.09. The summed E-state index contributed by atoms with van der Waals surface area (Å²) in [5.74, 6) is -8.71. The lowest BCUT2D eigenvalue weighted by Crippen LogP contribution is -2.61. The first-order valence-electron chi connectivity index (χ1n) is 16.7. The van der Waals surface area contributed by atoms with E-state index in [1.165, 1.54) is 0 Å². The molecule has 0 aromatic carbocycles. The molecule has 0 aliphatic carbocycles. The van der Waals surface area contributed by atoms with Crippen LogP contribution in [0, 0.1) is 11.8 Å². The number of amides is 7. The summed E-state index contributed by atoms with van der Waals surface area (Å²) in [6.45, 7) is 6.81. The van der Waals surface area contributed by atoms with Crippen LogP contribution in [-0.4, -0.2) is 124 Å². The summed E-state index contributed by atoms with van der Waals surface area (Å²) in [4.78, 5) is 106. The highest BCUT2D eigenvalue weighted by Gasteiger charge is 2.34. The Morgan fingerprint density at radius 2 is 1.09 bits per heavy atom. The molecule has 0 heterocycles. The predicted octanol–water partition coefficient (Wildman–Crippen LogP) is -4.27. The first kappa shape index (κ1) is 49.0. The smallest absolute Gasteiger partial charge is 0.327 e. The number of nitrogens with zero attached hydrogens (tertiary/aromatic N) is 1. The van der Waals surface area contributed by atoms with Crippen LogP contribution in [0.3, 0.4) is 0 Å². The first-order valence-corrected chi connectivity index (χ1v) is 18.5. The zero-order chi connectivity index (χ0) is 41.0. The van der Waals surface area contributed by atoms with Crippen molar-refractivity contribution in [1.29, 1.82) is 0 Å². The van der Waals surface area contributed by atoms with Gasteiger partial charge in [-0.1, -0.05) is 27.7 Å². The third-order valence-corrected chi connectivity index (χ3v) is 8.47. The number of hydrogen-bond donors (Lipinski definition) is 14. The number of hydrogen-bond acceptors (Lipinski definition) is 13. The number of thiol groups is 3. The van der Waals surface area contributed by atoms with Crippen molar-refractivity contribution in [1.82, 2.24) is 31.9 Å². The number of carboxylic acid groups (broad SMARTS) is 1. The van der Waals surface area contributed by atoms with Gasteiger partial charge < -0.3 is 59.9 Å². The van der Waals surface area contributed by atoms with Crippen LogP contribution in [0.2, 0.25) is 0 Å². The second kappa shape index (κ2) is 25.1. The molecule has 0 aromatic heterocycles. The predicted molar refractivity (Wildman–Crippen MR) is 207 cm³/mol. The van der Waals surface area contributed by atoms with Crippen molar-refractivity contribution in [2.75, 3.05) is 23.8 Å². The minimum Gasteiger partial charge on any atom is -0.480 e. The Morgan fingerprint density at radius 3 is 1.57 bits per heavy atom. The van der Waals surface area contributed by atoms with Gasteiger partial charge in [0.2, 0.25) is 41.4 Å². The van der Waals surface area contributed by atoms with E-state index in [0.717, 1.165) is 0 Å². The molecule has 0 aliphatic heterocycles. The molecule has 0 spiro atoms. The molecule has 0 aromatic rings. The SMILES string of the molecule is CC(C)C[C@H](NC(=O)[C@H](CS)NC(=O)[C@H](CCCN=C(N)N)NC(=O)[C@@H](N)CS)C(=O)N[C@@H](CC(N)=O)C(=O)N[C@H](C(=O)N[C@@H](CS)C(=O)O)C(C)C. The van der Waals surface area contributed by atoms with Gasteiger partial charge in [-0.15, -0.1) is 0 Å². The molecule has 7 amide bonds. The normalized spacial score (nSPS) is 15.0. The molecule has 0 saturated heterocycles. The molecule has 0 saturated carbocycles. The van der Waals surface area contributed by atoms with Gasteiger partial charge in [-0.05, 0) is 31.1 Å². The lowest BCUT2D eigenvalue weighted by atomic mass is 10.0. The number of aliphatic carboxylic acids is 1. The van der Waals surface area contributed by atoms with E-state index >= 15 is 0 Å². The van der Waals surface area contributed by atoms with E-state index in [2.05, 4.69) is 74.8 Å². The van der Waals surface area contributed by atoms with Crippen molar-refractivity contribution in [2.45, 2.75) is 95.7 Å². The van der Waals surface area contributed by atoms with Crippen molar-refractivity contribution in [3.8, 4) is 0 Å². The molecule has 15 N–H and O–H groups in total. The van der Waals surface area contributed by atoms with Gasteiger partial charge in [-0.2, -0.15) is 37.9 Å². The van der Waals surface area contributed by atoms with Crippen molar-refractivity contribution in [3.05, 3.63) is 0 Å². The summed E-state index contributed by atoms with van der Waals surface area (Å²) in [5, 5.41) is 23.9. The van der Waals surface area contributed by atoms with Crippen LogP contribution in [0.25, 0.3) is 0 Å². The molecule has 0 fully saturated rings. The molecule has 0 bridgehead atoms. The number of guanidine groups is 1. The van der Waals surface area contributed by atoms with Gasteiger partial charge in [0.1, 0.15) is 36.3 Å². The fourth-order valence-electron chi connectivity index (χ4n) is 4.49. The van der Waals surface area contributed by atoms with E-state index in [-0.39, 0.29) is 54.9 Å². The minimum absolute atomic E-state index is 0.00559. The molecule has 302 valence electrons. The molecule has 20 nitrogen and oxygen atoms in total. The second-order valence-corrected chi connectivity index (χ2v) is 13.9. The van der Waals surface area contributed by atoms with Crippen LogP contribution in [0.1, 0.15) is 53.4 Å². The van der Waals surface area contributed by atoms with Crippen LogP contribution >= 0.6 is 37.9 Å². The maximum absolute atomic E-state index is 13.6. The monoisotopic (exact) mass is 809 g/mol. The van der Waals surface area contributed by atoms with Gasteiger partial charge in [-0.3, -0.25) is 38.6 Å². The standard InChI is InChI=1S/C30H55N11O9S3/c1-13(2)8-17(25(45)38-18(9-21(32)42)26(46)41-22(14(3)4)28(48)40-20(12-53)29(49)50)37-27(47)19(11-52)39-24(44)16(6-5-7-35-30(33)34)36-23(43)15(31)10-51/h13-20,22,51-53H,5-12,31H2,1-4H3,(H2,32,42)(H,36,43)(H,37,47)(H,38,45)(H,39,44)(H,40,48)(H,41,46)(H,49,50)(H4,33,34,35)/t15-,16-,17-,18-,19-,20-,22-/m0/s1. The lowest BCUT2D eigenvalue weighted by molar-refractivity contribution is -0.142. The number of carbonyl (C=O) groups is 8. The van der Waals surface area contributed by atoms with Crippen LogP contribution in [0.4, 0.5) is 0 Å². The quantitative estimate of drug-likeness (QED) is 0.0180. The number of aliphatic imine (C=N–C) groups is 1. The van der Waals surface area contributed by atoms with Crippen molar-refractivity contribution in [3.63, 3.8) is 0 Å². The van der Waals surface area contributed by atoms with E-state index in [4.69, 9.17) is 22.9 Å². The van der Waals surface area contributed by atoms with Crippen LogP contribution in [0.15, 0.2) is 4.99 Å². The van der Waals surface area contributed by atoms with Gasteiger partial charge in [0.05, 0.1) is 12.5 Å². The number of primary amides is 1. The third-order valence-electron chi connectivity index (χ3n) is 7.35. The second-order valence-electron chi connectivity index (χ2n) is 12.8. The average molecular weight is 810 g/mol. The van der Waals surface area contributed by atoms with Crippen molar-refractivity contribution < 1.29 is 43.5 Å². The fourth-order valence-corrected chi connectivity index (χ4v) is 5.16.